The maximum absolute atomic E-state index is 9.14. The summed E-state index contributed by atoms with van der Waals surface area (Å²) in [6.45, 7) is 4.77. The van der Waals surface area contributed by atoms with Gasteiger partial charge in [-0.3, -0.25) is 0 Å². The minimum absolute atomic E-state index is 0.205. The predicted octanol–water partition coefficient (Wildman–Crippen LogP) is 4.04. The molecule has 0 saturated heterocycles. The summed E-state index contributed by atoms with van der Waals surface area (Å²) >= 11 is 12.9. The SMILES string of the molecule is CC1=C([SiH2]C2=C(C)CC(Cl)=C2CCCO)C(CCCO)=C(Cl)C1. The van der Waals surface area contributed by atoms with Gasteiger partial charge in [0, 0.05) is 36.1 Å². The summed E-state index contributed by atoms with van der Waals surface area (Å²) in [4.78, 5) is 0. The first-order valence-corrected chi connectivity index (χ1v) is 10.5. The molecule has 0 heterocycles. The minimum atomic E-state index is -0.634. The van der Waals surface area contributed by atoms with Gasteiger partial charge in [0.1, 0.15) is 0 Å². The Morgan fingerprint density at radius 3 is 1.57 bits per heavy atom. The van der Waals surface area contributed by atoms with Crippen LogP contribution in [-0.2, 0) is 0 Å². The molecule has 2 rings (SSSR count). The van der Waals surface area contributed by atoms with Gasteiger partial charge in [-0.05, 0) is 50.7 Å². The molecule has 0 radical (unpaired) electrons. The molecule has 0 amide bonds. The lowest BCUT2D eigenvalue weighted by atomic mass is 10.1. The van der Waals surface area contributed by atoms with Crippen molar-refractivity contribution >= 4 is 32.7 Å². The largest absolute Gasteiger partial charge is 0.396 e. The Morgan fingerprint density at radius 1 is 0.826 bits per heavy atom. The second kappa shape index (κ2) is 8.68. The number of aliphatic hydroxyl groups is 2. The molecule has 2 N–H and O–H groups in total. The molecule has 0 fully saturated rings. The van der Waals surface area contributed by atoms with E-state index in [1.54, 1.807) is 0 Å². The smallest absolute Gasteiger partial charge is 0.0882 e. The molecule has 0 aromatic rings. The van der Waals surface area contributed by atoms with Gasteiger partial charge in [-0.15, -0.1) is 0 Å². The first-order chi connectivity index (χ1) is 11.0. The van der Waals surface area contributed by atoms with Crippen molar-refractivity contribution in [1.29, 1.82) is 0 Å². The van der Waals surface area contributed by atoms with Crippen LogP contribution in [0, 0.1) is 0 Å². The number of hydrogen-bond donors (Lipinski definition) is 2. The van der Waals surface area contributed by atoms with E-state index in [4.69, 9.17) is 33.4 Å². The summed E-state index contributed by atoms with van der Waals surface area (Å²) in [6, 6.07) is 0. The Morgan fingerprint density at radius 2 is 1.22 bits per heavy atom. The van der Waals surface area contributed by atoms with E-state index in [2.05, 4.69) is 13.8 Å². The highest BCUT2D eigenvalue weighted by Crippen LogP contribution is 2.42. The number of halogens is 2. The summed E-state index contributed by atoms with van der Waals surface area (Å²) < 4.78 is 0. The van der Waals surface area contributed by atoms with Crippen molar-refractivity contribution in [3.05, 3.63) is 42.7 Å². The highest BCUT2D eigenvalue weighted by Gasteiger charge is 2.26. The van der Waals surface area contributed by atoms with Crippen LogP contribution in [0.4, 0.5) is 0 Å². The van der Waals surface area contributed by atoms with Gasteiger partial charge in [-0.2, -0.15) is 0 Å². The molecule has 0 atom stereocenters. The molecule has 0 bridgehead atoms. The summed E-state index contributed by atoms with van der Waals surface area (Å²) in [7, 11) is -0.634. The van der Waals surface area contributed by atoms with Gasteiger partial charge < -0.3 is 10.2 Å². The van der Waals surface area contributed by atoms with Crippen LogP contribution in [0.2, 0.25) is 0 Å². The molecule has 0 aromatic heterocycles. The van der Waals surface area contributed by atoms with Gasteiger partial charge in [0.15, 0.2) is 0 Å². The topological polar surface area (TPSA) is 40.5 Å². The molecule has 23 heavy (non-hydrogen) atoms. The molecule has 5 heteroatoms. The van der Waals surface area contributed by atoms with E-state index in [0.29, 0.717) is 0 Å². The van der Waals surface area contributed by atoms with E-state index < -0.39 is 9.52 Å². The van der Waals surface area contributed by atoms with E-state index in [-0.39, 0.29) is 13.2 Å². The van der Waals surface area contributed by atoms with Gasteiger partial charge in [0.2, 0.25) is 0 Å². The van der Waals surface area contributed by atoms with Crippen LogP contribution in [0.15, 0.2) is 42.7 Å². The third-order valence-corrected chi connectivity index (χ3v) is 8.27. The first-order valence-electron chi connectivity index (χ1n) is 8.34. The molecule has 2 aliphatic rings. The quantitative estimate of drug-likeness (QED) is 0.631. The van der Waals surface area contributed by atoms with Crippen molar-refractivity contribution in [2.45, 2.75) is 52.4 Å². The first kappa shape index (κ1) is 19.0. The van der Waals surface area contributed by atoms with E-state index in [1.807, 2.05) is 0 Å². The lowest BCUT2D eigenvalue weighted by molar-refractivity contribution is 0.288. The average Bonchev–Trinajstić information content (AvgIpc) is 2.92. The fourth-order valence-corrected chi connectivity index (χ4v) is 6.97. The van der Waals surface area contributed by atoms with Crippen molar-refractivity contribution in [3.8, 4) is 0 Å². The van der Waals surface area contributed by atoms with Crippen molar-refractivity contribution in [1.82, 2.24) is 0 Å². The Labute approximate surface area is 151 Å². The lowest BCUT2D eigenvalue weighted by Crippen LogP contribution is -2.08. The Bertz CT molecular complexity index is 548. The van der Waals surface area contributed by atoms with Crippen LogP contribution < -0.4 is 0 Å². The number of hydrogen-bond acceptors (Lipinski definition) is 2. The Balaban J connectivity index is 2.22. The van der Waals surface area contributed by atoms with Crippen molar-refractivity contribution in [2.75, 3.05) is 13.2 Å². The van der Waals surface area contributed by atoms with Crippen LogP contribution in [-0.4, -0.2) is 32.9 Å². The van der Waals surface area contributed by atoms with E-state index >= 15 is 0 Å². The van der Waals surface area contributed by atoms with Gasteiger partial charge in [-0.1, -0.05) is 44.7 Å². The summed E-state index contributed by atoms with van der Waals surface area (Å²) in [5.74, 6) is 0. The van der Waals surface area contributed by atoms with Crippen molar-refractivity contribution < 1.29 is 10.2 Å². The van der Waals surface area contributed by atoms with Gasteiger partial charge >= 0.3 is 0 Å². The van der Waals surface area contributed by atoms with Gasteiger partial charge in [-0.25, -0.2) is 0 Å². The van der Waals surface area contributed by atoms with Crippen molar-refractivity contribution in [2.24, 2.45) is 0 Å². The second-order valence-electron chi connectivity index (χ2n) is 6.47. The fourth-order valence-electron chi connectivity index (χ4n) is 3.51. The zero-order valence-electron chi connectivity index (χ0n) is 14.0. The molecule has 2 nitrogen and oxygen atoms in total. The molecule has 2 aliphatic carbocycles. The zero-order chi connectivity index (χ0) is 17.0. The predicted molar refractivity (Wildman–Crippen MR) is 102 cm³/mol. The monoisotopic (exact) mass is 372 g/mol. The van der Waals surface area contributed by atoms with Crippen LogP contribution >= 0.6 is 23.2 Å². The fraction of sp³-hybridized carbons (Fsp3) is 0.556. The summed E-state index contributed by atoms with van der Waals surface area (Å²) in [6.07, 6.45) is 4.99. The van der Waals surface area contributed by atoms with E-state index in [0.717, 1.165) is 48.6 Å². The van der Waals surface area contributed by atoms with Crippen LogP contribution in [0.1, 0.15) is 52.4 Å². The Kier molecular flexibility index (Phi) is 7.17. The molecule has 0 spiro atoms. The van der Waals surface area contributed by atoms with Gasteiger partial charge in [0.05, 0.1) is 9.52 Å². The zero-order valence-corrected chi connectivity index (χ0v) is 16.9. The summed E-state index contributed by atoms with van der Waals surface area (Å²) in [5, 5.41) is 23.1. The normalized spacial score (nSPS) is 19.0. The van der Waals surface area contributed by atoms with E-state index in [1.165, 1.54) is 32.7 Å². The average molecular weight is 373 g/mol. The molecular formula is C18H26Cl2O2Si. The molecule has 0 aromatic carbocycles. The number of rotatable bonds is 8. The highest BCUT2D eigenvalue weighted by atomic mass is 35.5. The molecule has 0 aliphatic heterocycles. The standard InChI is InChI=1S/C18H26Cl2O2Si/c1-11-9-15(19)13(5-3-7-21)17(11)23-18-12(2)10-16(20)14(18)6-4-8-22/h21-22H,3-10,23H2,1-2H3. The van der Waals surface area contributed by atoms with Gasteiger partial charge in [0.25, 0.3) is 0 Å². The molecule has 0 unspecified atom stereocenters. The maximum Gasteiger partial charge on any atom is 0.0882 e. The van der Waals surface area contributed by atoms with Crippen LogP contribution in [0.25, 0.3) is 0 Å². The number of allylic oxidation sites excluding steroid dienone is 8. The third kappa shape index (κ3) is 4.40. The van der Waals surface area contributed by atoms with Crippen LogP contribution in [0.3, 0.4) is 0 Å². The van der Waals surface area contributed by atoms with Crippen molar-refractivity contribution in [3.63, 3.8) is 0 Å². The highest BCUT2D eigenvalue weighted by molar-refractivity contribution is 6.58. The molecule has 128 valence electrons. The molecular weight excluding hydrogens is 347 g/mol. The Hall–Kier alpha value is -0.323. The minimum Gasteiger partial charge on any atom is -0.396 e. The third-order valence-electron chi connectivity index (χ3n) is 4.78. The maximum atomic E-state index is 9.14. The van der Waals surface area contributed by atoms with Crippen LogP contribution in [0.5, 0.6) is 0 Å². The second-order valence-corrected chi connectivity index (χ2v) is 9.15. The molecule has 0 saturated carbocycles. The number of aliphatic hydroxyl groups excluding tert-OH is 2. The lowest BCUT2D eigenvalue weighted by Gasteiger charge is -2.15. The van der Waals surface area contributed by atoms with E-state index in [9.17, 15) is 0 Å². The summed E-state index contributed by atoms with van der Waals surface area (Å²) in [5.41, 5.74) is 5.32.